The van der Waals surface area contributed by atoms with Crippen molar-refractivity contribution in [2.45, 2.75) is 12.8 Å². The molecule has 1 amide bonds. The lowest BCUT2D eigenvalue weighted by Crippen LogP contribution is -2.27. The molecular formula is C20H19ClN2O2. The molecule has 4 nitrogen and oxygen atoms in total. The first kappa shape index (κ1) is 17.1. The zero-order valence-electron chi connectivity index (χ0n) is 13.7. The van der Waals surface area contributed by atoms with Crippen LogP contribution in [0.2, 0.25) is 5.02 Å². The number of nitrogens with one attached hydrogen (secondary N) is 1. The largest absolute Gasteiger partial charge is 0.508 e. The minimum atomic E-state index is -0.0207. The Morgan fingerprint density at radius 2 is 1.76 bits per heavy atom. The minimum absolute atomic E-state index is 0.0207. The Hall–Kier alpha value is -2.72. The van der Waals surface area contributed by atoms with Crippen molar-refractivity contribution < 1.29 is 9.90 Å². The maximum atomic E-state index is 12.2. The standard InChI is InChI=1S/C20H19ClN2O2/c21-16-5-3-15(4-6-16)11-12-22-20(25)14-18-2-1-13-23(18)17-7-9-19(24)10-8-17/h1-10,13,24H,11-12,14H2,(H,22,25). The molecule has 1 heterocycles. The van der Waals surface area contributed by atoms with Gasteiger partial charge in [-0.3, -0.25) is 4.79 Å². The molecule has 0 fully saturated rings. The van der Waals surface area contributed by atoms with Crippen molar-refractivity contribution in [1.82, 2.24) is 9.88 Å². The van der Waals surface area contributed by atoms with Gasteiger partial charge in [-0.15, -0.1) is 0 Å². The van der Waals surface area contributed by atoms with Gasteiger partial charge >= 0.3 is 0 Å². The molecule has 0 saturated carbocycles. The summed E-state index contributed by atoms with van der Waals surface area (Å²) < 4.78 is 1.94. The summed E-state index contributed by atoms with van der Waals surface area (Å²) in [5.74, 6) is 0.199. The van der Waals surface area contributed by atoms with Gasteiger partial charge in [-0.2, -0.15) is 0 Å². The molecule has 25 heavy (non-hydrogen) atoms. The predicted octanol–water partition coefficient (Wildman–Crippen LogP) is 3.74. The van der Waals surface area contributed by atoms with Gasteiger partial charge in [0.15, 0.2) is 0 Å². The summed E-state index contributed by atoms with van der Waals surface area (Å²) >= 11 is 5.86. The smallest absolute Gasteiger partial charge is 0.225 e. The number of rotatable bonds is 6. The second kappa shape index (κ2) is 7.90. The highest BCUT2D eigenvalue weighted by Gasteiger charge is 2.08. The first-order valence-electron chi connectivity index (χ1n) is 8.08. The Balaban J connectivity index is 1.56. The topological polar surface area (TPSA) is 54.3 Å². The van der Waals surface area contributed by atoms with Crippen LogP contribution < -0.4 is 5.32 Å². The summed E-state index contributed by atoms with van der Waals surface area (Å²) in [6.45, 7) is 0.584. The number of nitrogens with zero attached hydrogens (tertiary/aromatic N) is 1. The van der Waals surface area contributed by atoms with E-state index in [2.05, 4.69) is 5.32 Å². The monoisotopic (exact) mass is 354 g/mol. The van der Waals surface area contributed by atoms with Crippen LogP contribution in [0, 0.1) is 0 Å². The van der Waals surface area contributed by atoms with E-state index < -0.39 is 0 Å². The van der Waals surface area contributed by atoms with Gasteiger partial charge in [0.05, 0.1) is 6.42 Å². The molecule has 0 bridgehead atoms. The number of carbonyl (C=O) groups is 1. The number of hydrogen-bond donors (Lipinski definition) is 2. The number of phenols is 1. The summed E-state index contributed by atoms with van der Waals surface area (Å²) in [6.07, 6.45) is 2.97. The van der Waals surface area contributed by atoms with Crippen molar-refractivity contribution in [2.24, 2.45) is 0 Å². The van der Waals surface area contributed by atoms with Crippen LogP contribution in [0.4, 0.5) is 0 Å². The first-order chi connectivity index (χ1) is 12.1. The highest BCUT2D eigenvalue weighted by Crippen LogP contribution is 2.17. The molecule has 0 aliphatic rings. The molecule has 1 aromatic heterocycles. The number of aromatic nitrogens is 1. The third-order valence-electron chi connectivity index (χ3n) is 3.95. The summed E-state index contributed by atoms with van der Waals surface area (Å²) in [4.78, 5) is 12.2. The molecule has 3 rings (SSSR count). The van der Waals surface area contributed by atoms with E-state index in [1.807, 2.05) is 59.3 Å². The number of carbonyl (C=O) groups excluding carboxylic acids is 1. The van der Waals surface area contributed by atoms with E-state index >= 15 is 0 Å². The molecule has 0 aliphatic heterocycles. The molecule has 2 aromatic carbocycles. The molecule has 0 atom stereocenters. The lowest BCUT2D eigenvalue weighted by atomic mass is 10.1. The maximum Gasteiger partial charge on any atom is 0.225 e. The highest BCUT2D eigenvalue weighted by atomic mass is 35.5. The first-order valence-corrected chi connectivity index (χ1v) is 8.46. The second-order valence-corrected chi connectivity index (χ2v) is 6.23. The lowest BCUT2D eigenvalue weighted by Gasteiger charge is -2.10. The van der Waals surface area contributed by atoms with E-state index in [1.54, 1.807) is 12.1 Å². The minimum Gasteiger partial charge on any atom is -0.508 e. The lowest BCUT2D eigenvalue weighted by molar-refractivity contribution is -0.120. The summed E-state index contributed by atoms with van der Waals surface area (Å²) in [5.41, 5.74) is 2.94. The van der Waals surface area contributed by atoms with Crippen LogP contribution in [0.3, 0.4) is 0 Å². The van der Waals surface area contributed by atoms with Gasteiger partial charge in [-0.1, -0.05) is 23.7 Å². The second-order valence-electron chi connectivity index (χ2n) is 5.79. The molecule has 0 spiro atoms. The Bertz CT molecular complexity index is 839. The van der Waals surface area contributed by atoms with Crippen molar-refractivity contribution in [1.29, 1.82) is 0 Å². The number of benzene rings is 2. The zero-order chi connectivity index (χ0) is 17.6. The third-order valence-corrected chi connectivity index (χ3v) is 4.20. The van der Waals surface area contributed by atoms with Crippen molar-refractivity contribution in [3.63, 3.8) is 0 Å². The number of hydrogen-bond acceptors (Lipinski definition) is 2. The van der Waals surface area contributed by atoms with Crippen LogP contribution >= 0.6 is 11.6 Å². The molecule has 2 N–H and O–H groups in total. The number of aromatic hydroxyl groups is 1. The Morgan fingerprint density at radius 3 is 2.48 bits per heavy atom. The van der Waals surface area contributed by atoms with Gasteiger partial charge in [0, 0.05) is 29.1 Å². The quantitative estimate of drug-likeness (QED) is 0.708. The maximum absolute atomic E-state index is 12.2. The summed E-state index contributed by atoms with van der Waals surface area (Å²) in [6, 6.07) is 18.3. The number of amides is 1. The SMILES string of the molecule is O=C(Cc1cccn1-c1ccc(O)cc1)NCCc1ccc(Cl)cc1. The van der Waals surface area contributed by atoms with Crippen molar-refractivity contribution in [3.05, 3.63) is 83.1 Å². The molecule has 0 saturated heterocycles. The van der Waals surface area contributed by atoms with Gasteiger partial charge in [-0.05, 0) is 60.5 Å². The highest BCUT2D eigenvalue weighted by molar-refractivity contribution is 6.30. The van der Waals surface area contributed by atoms with Crippen LogP contribution in [0.15, 0.2) is 66.9 Å². The van der Waals surface area contributed by atoms with Gasteiger partial charge in [0.25, 0.3) is 0 Å². The van der Waals surface area contributed by atoms with Crippen molar-refractivity contribution >= 4 is 17.5 Å². The fraction of sp³-hybridized carbons (Fsp3) is 0.150. The van der Waals surface area contributed by atoms with Gasteiger partial charge < -0.3 is 15.0 Å². The molecule has 5 heteroatoms. The Labute approximate surface area is 151 Å². The van der Waals surface area contributed by atoms with Gasteiger partial charge in [-0.25, -0.2) is 0 Å². The fourth-order valence-corrected chi connectivity index (χ4v) is 2.78. The molecular weight excluding hydrogens is 336 g/mol. The average Bonchev–Trinajstić information content (AvgIpc) is 3.05. The van der Waals surface area contributed by atoms with Crippen LogP contribution in [-0.4, -0.2) is 22.1 Å². The molecule has 128 valence electrons. The Kier molecular flexibility index (Phi) is 5.41. The zero-order valence-corrected chi connectivity index (χ0v) is 14.4. The molecule has 0 unspecified atom stereocenters. The van der Waals surface area contributed by atoms with Crippen LogP contribution in [0.25, 0.3) is 5.69 Å². The van der Waals surface area contributed by atoms with Crippen LogP contribution in [0.1, 0.15) is 11.3 Å². The number of halogens is 1. The molecule has 0 aliphatic carbocycles. The summed E-state index contributed by atoms with van der Waals surface area (Å²) in [5, 5.41) is 13.1. The van der Waals surface area contributed by atoms with E-state index in [0.29, 0.717) is 18.0 Å². The van der Waals surface area contributed by atoms with Crippen LogP contribution in [0.5, 0.6) is 5.75 Å². The van der Waals surface area contributed by atoms with E-state index in [-0.39, 0.29) is 11.7 Å². The van der Waals surface area contributed by atoms with Gasteiger partial charge in [0.2, 0.25) is 5.91 Å². The van der Waals surface area contributed by atoms with Gasteiger partial charge in [0.1, 0.15) is 5.75 Å². The predicted molar refractivity (Wildman–Crippen MR) is 99.3 cm³/mol. The fourth-order valence-electron chi connectivity index (χ4n) is 2.65. The Morgan fingerprint density at radius 1 is 1.04 bits per heavy atom. The normalized spacial score (nSPS) is 10.6. The van der Waals surface area contributed by atoms with Crippen molar-refractivity contribution in [2.75, 3.05) is 6.54 Å². The molecule has 3 aromatic rings. The summed E-state index contributed by atoms with van der Waals surface area (Å²) in [7, 11) is 0. The van der Waals surface area contributed by atoms with E-state index in [4.69, 9.17) is 11.6 Å². The third kappa shape index (κ3) is 4.64. The average molecular weight is 355 g/mol. The van der Waals surface area contributed by atoms with E-state index in [9.17, 15) is 9.90 Å². The molecule has 0 radical (unpaired) electrons. The number of phenolic OH excluding ortho intramolecular Hbond substituents is 1. The van der Waals surface area contributed by atoms with E-state index in [1.165, 1.54) is 0 Å². The van der Waals surface area contributed by atoms with Crippen LogP contribution in [-0.2, 0) is 17.6 Å². The van der Waals surface area contributed by atoms with Crippen molar-refractivity contribution in [3.8, 4) is 11.4 Å². The van der Waals surface area contributed by atoms with E-state index in [0.717, 1.165) is 23.4 Å².